The van der Waals surface area contributed by atoms with E-state index in [9.17, 15) is 30.7 Å². The Morgan fingerprint density at radius 1 is 0.833 bits per heavy atom. The SMILES string of the molecule is CC(F)(C1C2C=CC(O2)C1C(F)(F)F)C(F)(F)F. The minimum absolute atomic E-state index is 0.133. The molecule has 1 saturated heterocycles. The molecule has 0 saturated carbocycles. The van der Waals surface area contributed by atoms with E-state index in [1.165, 1.54) is 0 Å². The maximum atomic E-state index is 13.8. The molecule has 0 amide bonds. The van der Waals surface area contributed by atoms with E-state index in [0.29, 0.717) is 0 Å². The molecule has 0 radical (unpaired) electrons. The second-order valence-electron chi connectivity index (χ2n) is 4.62. The molecule has 8 heteroatoms. The van der Waals surface area contributed by atoms with Crippen LogP contribution in [0, 0.1) is 11.8 Å². The van der Waals surface area contributed by atoms with Crippen molar-refractivity contribution in [2.75, 3.05) is 0 Å². The van der Waals surface area contributed by atoms with Gasteiger partial charge in [0.25, 0.3) is 0 Å². The zero-order valence-electron chi connectivity index (χ0n) is 9.02. The maximum absolute atomic E-state index is 13.8. The van der Waals surface area contributed by atoms with Gasteiger partial charge in [-0.05, 0) is 6.92 Å². The van der Waals surface area contributed by atoms with Crippen molar-refractivity contribution < 1.29 is 35.5 Å². The molecule has 2 bridgehead atoms. The minimum Gasteiger partial charge on any atom is -0.366 e. The minimum atomic E-state index is -5.37. The summed E-state index contributed by atoms with van der Waals surface area (Å²) in [6.45, 7) is 0.133. The van der Waals surface area contributed by atoms with Gasteiger partial charge in [0, 0.05) is 5.92 Å². The summed E-state index contributed by atoms with van der Waals surface area (Å²) in [4.78, 5) is 0. The van der Waals surface area contributed by atoms with Gasteiger partial charge in [-0.25, -0.2) is 4.39 Å². The van der Waals surface area contributed by atoms with Gasteiger partial charge in [0.15, 0.2) is 0 Å². The first kappa shape index (κ1) is 13.6. The first-order valence-corrected chi connectivity index (χ1v) is 5.12. The predicted octanol–water partition coefficient (Wildman–Crippen LogP) is 3.41. The van der Waals surface area contributed by atoms with Gasteiger partial charge in [-0.3, -0.25) is 0 Å². The molecule has 0 spiro atoms. The highest BCUT2D eigenvalue weighted by atomic mass is 19.4. The highest BCUT2D eigenvalue weighted by Crippen LogP contribution is 2.56. The lowest BCUT2D eigenvalue weighted by Gasteiger charge is -2.36. The van der Waals surface area contributed by atoms with Crippen molar-refractivity contribution in [3.63, 3.8) is 0 Å². The second-order valence-corrected chi connectivity index (χ2v) is 4.62. The lowest BCUT2D eigenvalue weighted by atomic mass is 9.73. The van der Waals surface area contributed by atoms with Crippen LogP contribution in [0.1, 0.15) is 6.92 Å². The zero-order valence-corrected chi connectivity index (χ0v) is 9.02. The molecule has 2 aliphatic rings. The van der Waals surface area contributed by atoms with Crippen molar-refractivity contribution in [3.05, 3.63) is 12.2 Å². The number of halogens is 7. The van der Waals surface area contributed by atoms with Crippen LogP contribution in [-0.2, 0) is 4.74 Å². The summed E-state index contributed by atoms with van der Waals surface area (Å²) in [5.74, 6) is -4.77. The summed E-state index contributed by atoms with van der Waals surface area (Å²) in [7, 11) is 0. The third-order valence-electron chi connectivity index (χ3n) is 3.46. The predicted molar refractivity (Wildman–Crippen MR) is 46.4 cm³/mol. The third-order valence-corrected chi connectivity index (χ3v) is 3.46. The van der Waals surface area contributed by atoms with Gasteiger partial charge in [0.05, 0.1) is 18.1 Å². The lowest BCUT2D eigenvalue weighted by molar-refractivity contribution is -0.268. The fourth-order valence-electron chi connectivity index (χ4n) is 2.53. The fourth-order valence-corrected chi connectivity index (χ4v) is 2.53. The van der Waals surface area contributed by atoms with Crippen LogP contribution in [0.5, 0.6) is 0 Å². The summed E-state index contributed by atoms with van der Waals surface area (Å²) in [5.41, 5.74) is -3.95. The number of fused-ring (bicyclic) bond motifs is 2. The standard InChI is InChI=1S/C10H9F7O/c1-8(11,10(15,16)17)6-4-2-3-5(18-4)7(6)9(12,13)14/h2-7H,1H3. The number of hydrogen-bond acceptors (Lipinski definition) is 1. The van der Waals surface area contributed by atoms with E-state index < -0.39 is 42.1 Å². The Hall–Kier alpha value is -0.790. The van der Waals surface area contributed by atoms with Gasteiger partial charge in [-0.2, -0.15) is 26.3 Å². The fraction of sp³-hybridized carbons (Fsp3) is 0.800. The Labute approximate surface area is 97.6 Å². The summed E-state index contributed by atoms with van der Waals surface area (Å²) in [6.07, 6.45) is -11.2. The first-order chi connectivity index (χ1) is 7.96. The molecule has 5 atom stereocenters. The van der Waals surface area contributed by atoms with E-state index >= 15 is 0 Å². The van der Waals surface area contributed by atoms with Crippen LogP contribution in [0.15, 0.2) is 12.2 Å². The molecule has 1 fully saturated rings. The summed E-state index contributed by atoms with van der Waals surface area (Å²) < 4.78 is 94.4. The van der Waals surface area contributed by atoms with Crippen LogP contribution in [0.25, 0.3) is 0 Å². The molecule has 0 aromatic heterocycles. The van der Waals surface area contributed by atoms with Crippen LogP contribution >= 0.6 is 0 Å². The number of alkyl halides is 7. The first-order valence-electron chi connectivity index (χ1n) is 5.12. The number of ether oxygens (including phenoxy) is 1. The highest BCUT2D eigenvalue weighted by molar-refractivity contribution is 5.20. The van der Waals surface area contributed by atoms with Crippen molar-refractivity contribution in [3.8, 4) is 0 Å². The van der Waals surface area contributed by atoms with E-state index in [4.69, 9.17) is 4.74 Å². The Bertz CT molecular complexity index is 367. The molecule has 2 heterocycles. The number of hydrogen-bond donors (Lipinski definition) is 0. The van der Waals surface area contributed by atoms with Gasteiger partial charge in [0.1, 0.15) is 0 Å². The molecule has 5 unspecified atom stereocenters. The Kier molecular flexibility index (Phi) is 2.74. The number of rotatable bonds is 1. The van der Waals surface area contributed by atoms with Crippen molar-refractivity contribution in [2.45, 2.75) is 37.2 Å². The van der Waals surface area contributed by atoms with Gasteiger partial charge in [0.2, 0.25) is 5.67 Å². The summed E-state index contributed by atoms with van der Waals surface area (Å²) in [5, 5.41) is 0. The Morgan fingerprint density at radius 2 is 1.28 bits per heavy atom. The maximum Gasteiger partial charge on any atom is 0.422 e. The van der Waals surface area contributed by atoms with Crippen molar-refractivity contribution in [1.29, 1.82) is 0 Å². The summed E-state index contributed by atoms with van der Waals surface area (Å²) in [6, 6.07) is 0. The molecule has 18 heavy (non-hydrogen) atoms. The van der Waals surface area contributed by atoms with E-state index in [0.717, 1.165) is 12.2 Å². The molecular weight excluding hydrogens is 269 g/mol. The quantitative estimate of drug-likeness (QED) is 0.527. The average Bonchev–Trinajstić information content (AvgIpc) is 2.72. The molecule has 0 aliphatic carbocycles. The molecule has 0 N–H and O–H groups in total. The van der Waals surface area contributed by atoms with Crippen LogP contribution in [0.4, 0.5) is 30.7 Å². The van der Waals surface area contributed by atoms with Crippen LogP contribution in [0.3, 0.4) is 0 Å². The van der Waals surface area contributed by atoms with Crippen molar-refractivity contribution in [1.82, 2.24) is 0 Å². The monoisotopic (exact) mass is 278 g/mol. The molecule has 0 aromatic carbocycles. The molecule has 1 nitrogen and oxygen atoms in total. The smallest absolute Gasteiger partial charge is 0.366 e. The van der Waals surface area contributed by atoms with E-state index in [1.54, 1.807) is 0 Å². The zero-order chi connectivity index (χ0) is 13.9. The van der Waals surface area contributed by atoms with Gasteiger partial charge in [-0.1, -0.05) is 12.2 Å². The van der Waals surface area contributed by atoms with E-state index in [-0.39, 0.29) is 6.92 Å². The van der Waals surface area contributed by atoms with Crippen molar-refractivity contribution in [2.24, 2.45) is 11.8 Å². The van der Waals surface area contributed by atoms with Gasteiger partial charge >= 0.3 is 12.4 Å². The second kappa shape index (κ2) is 3.61. The lowest BCUT2D eigenvalue weighted by Crippen LogP contribution is -2.53. The van der Waals surface area contributed by atoms with E-state index in [2.05, 4.69) is 0 Å². The molecule has 2 aliphatic heterocycles. The normalized spacial score (nSPS) is 39.1. The highest BCUT2D eigenvalue weighted by Gasteiger charge is 2.70. The van der Waals surface area contributed by atoms with Gasteiger partial charge in [-0.15, -0.1) is 0 Å². The molecule has 2 rings (SSSR count). The summed E-state index contributed by atoms with van der Waals surface area (Å²) >= 11 is 0. The Balaban J connectivity index is 2.40. The largest absolute Gasteiger partial charge is 0.422 e. The molecular formula is C10H9F7O. The molecule has 104 valence electrons. The third kappa shape index (κ3) is 1.81. The van der Waals surface area contributed by atoms with Gasteiger partial charge < -0.3 is 4.74 Å². The molecule has 0 aromatic rings. The van der Waals surface area contributed by atoms with E-state index in [1.807, 2.05) is 0 Å². The van der Waals surface area contributed by atoms with Crippen LogP contribution < -0.4 is 0 Å². The van der Waals surface area contributed by atoms with Crippen LogP contribution in [0.2, 0.25) is 0 Å². The Morgan fingerprint density at radius 3 is 1.67 bits per heavy atom. The van der Waals surface area contributed by atoms with Crippen LogP contribution in [-0.4, -0.2) is 30.2 Å². The van der Waals surface area contributed by atoms with Crippen molar-refractivity contribution >= 4 is 0 Å². The topological polar surface area (TPSA) is 9.23 Å². The average molecular weight is 278 g/mol.